The first-order valence-electron chi connectivity index (χ1n) is 9.62. The van der Waals surface area contributed by atoms with Gasteiger partial charge >= 0.3 is 22.9 Å². The minimum absolute atomic E-state index is 0.0458. The highest BCUT2D eigenvalue weighted by molar-refractivity contribution is 5.84. The molecule has 27 heavy (non-hydrogen) atoms. The Morgan fingerprint density at radius 2 is 1.96 bits per heavy atom. The van der Waals surface area contributed by atoms with E-state index in [1.807, 2.05) is 0 Å². The van der Waals surface area contributed by atoms with Gasteiger partial charge in [0, 0.05) is 18.9 Å². The summed E-state index contributed by atoms with van der Waals surface area (Å²) in [5, 5.41) is 4.44. The summed E-state index contributed by atoms with van der Waals surface area (Å²) in [5.41, 5.74) is 0.896. The van der Waals surface area contributed by atoms with E-state index in [0.29, 0.717) is 43.8 Å². The summed E-state index contributed by atoms with van der Waals surface area (Å²) in [6.45, 7) is 1.22. The highest BCUT2D eigenvalue weighted by Gasteiger charge is 2.22. The van der Waals surface area contributed by atoms with Crippen molar-refractivity contribution in [1.82, 2.24) is 4.98 Å². The number of oxime groups is 1. The largest absolute Gasteiger partial charge is 0.484 e. The molecule has 0 radical (unpaired) electrons. The fraction of sp³-hybridized carbons (Fsp3) is 0.579. The number of ether oxygens (including phenoxy) is 1. The van der Waals surface area contributed by atoms with Gasteiger partial charge in [0.05, 0.1) is 18.9 Å². The van der Waals surface area contributed by atoms with Crippen LogP contribution in [-0.2, 0) is 11.2 Å². The van der Waals surface area contributed by atoms with E-state index in [4.69, 9.17) is 14.0 Å². The van der Waals surface area contributed by atoms with Gasteiger partial charge in [-0.3, -0.25) is 4.84 Å². The summed E-state index contributed by atoms with van der Waals surface area (Å²) in [7, 11) is 0. The third-order valence-electron chi connectivity index (χ3n) is 5.29. The molecule has 0 aromatic carbocycles. The van der Waals surface area contributed by atoms with Crippen LogP contribution in [0, 0.1) is 5.92 Å². The first-order valence-corrected chi connectivity index (χ1v) is 9.62. The normalized spacial score (nSPS) is 18.6. The van der Waals surface area contributed by atoms with Crippen LogP contribution in [0.1, 0.15) is 50.5 Å². The van der Waals surface area contributed by atoms with Gasteiger partial charge in [0.1, 0.15) is 0 Å². The third-order valence-corrected chi connectivity index (χ3v) is 5.29. The first kappa shape index (κ1) is 17.9. The van der Waals surface area contributed by atoms with Crippen molar-refractivity contribution >= 4 is 16.8 Å². The molecule has 2 aromatic heterocycles. The van der Waals surface area contributed by atoms with Crippen LogP contribution in [0.2, 0.25) is 0 Å². The molecule has 1 aliphatic carbocycles. The minimum Gasteiger partial charge on any atom is -0.385 e. The van der Waals surface area contributed by atoms with Crippen LogP contribution in [-0.4, -0.2) is 23.9 Å². The molecule has 2 N–H and O–H groups in total. The summed E-state index contributed by atoms with van der Waals surface area (Å²) in [5.74, 6) is 0.499. The lowest BCUT2D eigenvalue weighted by atomic mass is 9.84. The second-order valence-corrected chi connectivity index (χ2v) is 7.27. The molecule has 1 saturated heterocycles. The maximum atomic E-state index is 12.6. The van der Waals surface area contributed by atoms with Crippen molar-refractivity contribution in [2.45, 2.75) is 51.4 Å². The van der Waals surface area contributed by atoms with Crippen LogP contribution in [0.5, 0.6) is 6.01 Å². The Hall–Kier alpha value is -2.48. The summed E-state index contributed by atoms with van der Waals surface area (Å²) in [6.07, 6.45) is 8.03. The van der Waals surface area contributed by atoms with Crippen molar-refractivity contribution in [2.24, 2.45) is 11.1 Å². The Labute approximate surface area is 155 Å². The molecule has 0 spiro atoms. The van der Waals surface area contributed by atoms with Crippen LogP contribution >= 0.6 is 0 Å². The molecule has 1 saturated carbocycles. The molecule has 8 nitrogen and oxygen atoms in total. The van der Waals surface area contributed by atoms with Crippen molar-refractivity contribution in [3.63, 3.8) is 0 Å². The number of aromatic amines is 2. The average molecular weight is 374 g/mol. The lowest BCUT2D eigenvalue weighted by Gasteiger charge is -2.21. The molecule has 2 fully saturated rings. The van der Waals surface area contributed by atoms with E-state index in [2.05, 4.69) is 15.1 Å². The van der Waals surface area contributed by atoms with Crippen molar-refractivity contribution in [3.8, 4) is 6.01 Å². The smallest absolute Gasteiger partial charge is 0.385 e. The molecule has 3 heterocycles. The van der Waals surface area contributed by atoms with Gasteiger partial charge in [0.2, 0.25) is 0 Å². The van der Waals surface area contributed by atoms with Crippen LogP contribution in [0.15, 0.2) is 25.2 Å². The molecular formula is C19H24N3O5+. The fourth-order valence-corrected chi connectivity index (χ4v) is 3.90. The van der Waals surface area contributed by atoms with Gasteiger partial charge in [-0.1, -0.05) is 37.3 Å². The molecule has 0 atom stereocenters. The van der Waals surface area contributed by atoms with Crippen LogP contribution in [0.4, 0.5) is 0 Å². The van der Waals surface area contributed by atoms with Gasteiger partial charge in [0.15, 0.2) is 5.39 Å². The molecule has 8 heteroatoms. The highest BCUT2D eigenvalue weighted by atomic mass is 16.6. The first-order chi connectivity index (χ1) is 13.2. The Bertz CT molecular complexity index is 948. The third kappa shape index (κ3) is 4.27. The van der Waals surface area contributed by atoms with Crippen molar-refractivity contribution in [3.05, 3.63) is 32.4 Å². The molecule has 144 valence electrons. The highest BCUT2D eigenvalue weighted by Crippen LogP contribution is 2.27. The number of H-pyrrole nitrogens is 2. The molecule has 4 rings (SSSR count). The van der Waals surface area contributed by atoms with Crippen molar-refractivity contribution in [2.75, 3.05) is 13.2 Å². The molecule has 1 aliphatic heterocycles. The maximum absolute atomic E-state index is 12.6. The molecular weight excluding hydrogens is 350 g/mol. The van der Waals surface area contributed by atoms with Gasteiger partial charge < -0.3 is 9.15 Å². The van der Waals surface area contributed by atoms with Gasteiger partial charge in [-0.2, -0.15) is 9.97 Å². The number of hydrogen-bond donors (Lipinski definition) is 1. The number of aromatic nitrogens is 2. The van der Waals surface area contributed by atoms with E-state index in [9.17, 15) is 9.59 Å². The Morgan fingerprint density at radius 1 is 1.19 bits per heavy atom. The molecule has 0 unspecified atom stereocenters. The van der Waals surface area contributed by atoms with E-state index in [-0.39, 0.29) is 17.3 Å². The Morgan fingerprint density at radius 3 is 2.74 bits per heavy atom. The average Bonchev–Trinajstić information content (AvgIpc) is 2.67. The van der Waals surface area contributed by atoms with Gasteiger partial charge in [0.25, 0.3) is 0 Å². The fourth-order valence-electron chi connectivity index (χ4n) is 3.90. The maximum Gasteiger partial charge on any atom is 0.484 e. The van der Waals surface area contributed by atoms with Crippen LogP contribution in [0.25, 0.3) is 11.1 Å². The quantitative estimate of drug-likeness (QED) is 0.823. The predicted octanol–water partition coefficient (Wildman–Crippen LogP) is 1.96. The zero-order chi connectivity index (χ0) is 18.6. The van der Waals surface area contributed by atoms with Gasteiger partial charge in [-0.05, 0) is 17.9 Å². The van der Waals surface area contributed by atoms with Crippen LogP contribution < -0.4 is 21.0 Å². The zero-order valence-corrected chi connectivity index (χ0v) is 15.2. The minimum atomic E-state index is -0.475. The lowest BCUT2D eigenvalue weighted by molar-refractivity contribution is -0.380. The topological polar surface area (TPSA) is 108 Å². The molecule has 0 bridgehead atoms. The van der Waals surface area contributed by atoms with E-state index < -0.39 is 5.63 Å². The van der Waals surface area contributed by atoms with Gasteiger partial charge in [-0.15, -0.1) is 0 Å². The number of nitrogens with one attached hydrogen (secondary N) is 2. The van der Waals surface area contributed by atoms with E-state index in [0.717, 1.165) is 24.1 Å². The summed E-state index contributed by atoms with van der Waals surface area (Å²) in [6, 6.07) is 1.48. The standard InChI is InChI=1S/C19H23N3O5/c23-15-11-13(10-12-4-2-1-3-5-12)16-17(24)20-19(21-18(16)26-15)27-22-14-6-8-25-9-7-14/h11-12H,1-10H2,(H,20,21,24)/p+1. The van der Waals surface area contributed by atoms with E-state index in [1.54, 1.807) is 0 Å². The van der Waals surface area contributed by atoms with Crippen molar-refractivity contribution in [1.29, 1.82) is 0 Å². The summed E-state index contributed by atoms with van der Waals surface area (Å²) >= 11 is 0. The van der Waals surface area contributed by atoms with Gasteiger partial charge in [-0.25, -0.2) is 9.59 Å². The zero-order valence-electron chi connectivity index (χ0n) is 15.2. The molecule has 2 aromatic rings. The second kappa shape index (κ2) is 8.04. The Kier molecular flexibility index (Phi) is 5.33. The summed E-state index contributed by atoms with van der Waals surface area (Å²) in [4.78, 5) is 35.5. The van der Waals surface area contributed by atoms with Crippen molar-refractivity contribution < 1.29 is 19.0 Å². The van der Waals surface area contributed by atoms with E-state index >= 15 is 0 Å². The van der Waals surface area contributed by atoms with E-state index in [1.165, 1.54) is 25.3 Å². The number of hydrogen-bond acceptors (Lipinski definition) is 6. The number of fused-ring (bicyclic) bond motifs is 1. The molecule has 0 amide bonds. The van der Waals surface area contributed by atoms with Crippen LogP contribution in [0.3, 0.4) is 0 Å². The summed E-state index contributed by atoms with van der Waals surface area (Å²) < 4.78 is 10.5. The molecule has 2 aliphatic rings. The monoisotopic (exact) mass is 374 g/mol. The predicted molar refractivity (Wildman–Crippen MR) is 98.1 cm³/mol. The Balaban J connectivity index is 1.63. The second-order valence-electron chi connectivity index (χ2n) is 7.27. The number of nitrogens with zero attached hydrogens (tertiary/aromatic N) is 1. The lowest BCUT2D eigenvalue weighted by Crippen LogP contribution is -2.24. The SMILES string of the molecule is O=c1cc(CC2CCCCC2)c2c(=O)[nH]c(ON=C3CCOCC3)[nH+]c2o1. The number of rotatable bonds is 4.